The van der Waals surface area contributed by atoms with E-state index in [4.69, 9.17) is 4.74 Å². The van der Waals surface area contributed by atoms with Crippen LogP contribution in [0, 0.1) is 18.6 Å². The van der Waals surface area contributed by atoms with Crippen LogP contribution in [-0.4, -0.2) is 17.6 Å². The molecule has 37 heavy (non-hydrogen) atoms. The zero-order valence-electron chi connectivity index (χ0n) is 20.3. The summed E-state index contributed by atoms with van der Waals surface area (Å²) in [7, 11) is 0. The molecule has 1 fully saturated rings. The molecule has 0 bridgehead atoms. The SMILES string of the molecule is Cc1cc(F)ccc1Oc1cc(C2CC2)c(C(F)(F)F)cc1C(=O)Nc1ccc(F)c(C(C)CCO)c1. The number of amides is 1. The minimum Gasteiger partial charge on any atom is -0.456 e. The number of aryl methyl sites for hydroxylation is 1. The number of rotatable bonds is 8. The first kappa shape index (κ1) is 26.6. The molecular weight excluding hydrogens is 493 g/mol. The Hall–Kier alpha value is -3.46. The van der Waals surface area contributed by atoms with Gasteiger partial charge in [-0.1, -0.05) is 6.92 Å². The number of anilines is 1. The molecule has 196 valence electrons. The van der Waals surface area contributed by atoms with Crippen LogP contribution in [0.3, 0.4) is 0 Å². The molecule has 1 aliphatic carbocycles. The monoisotopic (exact) mass is 519 g/mol. The molecule has 1 unspecified atom stereocenters. The maximum absolute atomic E-state index is 14.3. The van der Waals surface area contributed by atoms with Crippen LogP contribution in [0.5, 0.6) is 11.5 Å². The predicted molar refractivity (Wildman–Crippen MR) is 129 cm³/mol. The highest BCUT2D eigenvalue weighted by Crippen LogP contribution is 2.48. The minimum absolute atomic E-state index is 0.0423. The second-order valence-corrected chi connectivity index (χ2v) is 9.32. The first-order chi connectivity index (χ1) is 17.5. The van der Waals surface area contributed by atoms with Crippen LogP contribution in [0.25, 0.3) is 0 Å². The molecule has 0 heterocycles. The Morgan fingerprint density at radius 2 is 1.81 bits per heavy atom. The summed E-state index contributed by atoms with van der Waals surface area (Å²) in [6.07, 6.45) is -3.22. The van der Waals surface area contributed by atoms with E-state index in [1.165, 1.54) is 30.3 Å². The Morgan fingerprint density at radius 3 is 2.43 bits per heavy atom. The highest BCUT2D eigenvalue weighted by atomic mass is 19.4. The van der Waals surface area contributed by atoms with Crippen molar-refractivity contribution in [3.05, 3.63) is 88.0 Å². The van der Waals surface area contributed by atoms with E-state index in [-0.39, 0.29) is 52.3 Å². The molecule has 0 saturated heterocycles. The zero-order chi connectivity index (χ0) is 26.9. The highest BCUT2D eigenvalue weighted by molar-refractivity contribution is 6.06. The lowest BCUT2D eigenvalue weighted by molar-refractivity contribution is -0.138. The van der Waals surface area contributed by atoms with Gasteiger partial charge in [-0.15, -0.1) is 0 Å². The average molecular weight is 520 g/mol. The summed E-state index contributed by atoms with van der Waals surface area (Å²) in [5.41, 5.74) is -0.407. The summed E-state index contributed by atoms with van der Waals surface area (Å²) in [5, 5.41) is 11.7. The summed E-state index contributed by atoms with van der Waals surface area (Å²) in [4.78, 5) is 13.3. The van der Waals surface area contributed by atoms with Gasteiger partial charge >= 0.3 is 6.18 Å². The number of benzene rings is 3. The van der Waals surface area contributed by atoms with Gasteiger partial charge in [0.05, 0.1) is 11.1 Å². The molecule has 0 spiro atoms. The predicted octanol–water partition coefficient (Wildman–Crippen LogP) is 7.70. The summed E-state index contributed by atoms with van der Waals surface area (Å²) < 4.78 is 75.6. The van der Waals surface area contributed by atoms with Gasteiger partial charge in [-0.05, 0) is 103 Å². The number of hydrogen-bond acceptors (Lipinski definition) is 3. The lowest BCUT2D eigenvalue weighted by Crippen LogP contribution is -2.17. The first-order valence-electron chi connectivity index (χ1n) is 11.9. The number of aliphatic hydroxyl groups excluding tert-OH is 1. The standard InChI is InChI=1S/C28H26F5NO3/c1-15(9-10-35)20-12-19(6-7-24(20)30)34-27(36)22-13-23(28(31,32)33)21(17-3-4-17)14-26(22)37-25-8-5-18(29)11-16(25)2/h5-8,11-15,17,35H,3-4,9-10H2,1-2H3,(H,34,36). The Bertz CT molecular complexity index is 1320. The van der Waals surface area contributed by atoms with Crippen molar-refractivity contribution in [3.8, 4) is 11.5 Å². The van der Waals surface area contributed by atoms with Crippen LogP contribution >= 0.6 is 0 Å². The van der Waals surface area contributed by atoms with Gasteiger partial charge in [0.1, 0.15) is 23.1 Å². The molecule has 2 N–H and O–H groups in total. The van der Waals surface area contributed by atoms with Crippen LogP contribution in [0.4, 0.5) is 27.6 Å². The number of ether oxygens (including phenoxy) is 1. The van der Waals surface area contributed by atoms with Gasteiger partial charge in [-0.2, -0.15) is 13.2 Å². The van der Waals surface area contributed by atoms with Crippen LogP contribution in [0.1, 0.15) is 70.6 Å². The Morgan fingerprint density at radius 1 is 1.08 bits per heavy atom. The molecule has 4 rings (SSSR count). The maximum Gasteiger partial charge on any atom is 0.416 e. The zero-order valence-corrected chi connectivity index (χ0v) is 20.3. The number of hydrogen-bond donors (Lipinski definition) is 2. The van der Waals surface area contributed by atoms with Crippen molar-refractivity contribution < 1.29 is 36.6 Å². The van der Waals surface area contributed by atoms with Gasteiger partial charge in [0, 0.05) is 12.3 Å². The van der Waals surface area contributed by atoms with Gasteiger partial charge in [0.15, 0.2) is 0 Å². The fourth-order valence-corrected chi connectivity index (χ4v) is 4.23. The lowest BCUT2D eigenvalue weighted by atomic mass is 9.96. The van der Waals surface area contributed by atoms with Crippen LogP contribution < -0.4 is 10.1 Å². The van der Waals surface area contributed by atoms with Crippen LogP contribution in [-0.2, 0) is 6.18 Å². The molecule has 0 aliphatic heterocycles. The smallest absolute Gasteiger partial charge is 0.416 e. The van der Waals surface area contributed by atoms with E-state index in [0.29, 0.717) is 24.8 Å². The van der Waals surface area contributed by atoms with Gasteiger partial charge in [-0.3, -0.25) is 4.79 Å². The Labute approximate surface area is 211 Å². The van der Waals surface area contributed by atoms with Crippen LogP contribution in [0.2, 0.25) is 0 Å². The second kappa shape index (κ2) is 10.5. The molecule has 9 heteroatoms. The van der Waals surface area contributed by atoms with Gasteiger partial charge < -0.3 is 15.2 Å². The van der Waals surface area contributed by atoms with E-state index in [2.05, 4.69) is 5.32 Å². The third-order valence-corrected chi connectivity index (χ3v) is 6.42. The summed E-state index contributed by atoms with van der Waals surface area (Å²) in [6.45, 7) is 3.13. The fraction of sp³-hybridized carbons (Fsp3) is 0.321. The molecule has 1 aliphatic rings. The highest BCUT2D eigenvalue weighted by Gasteiger charge is 2.40. The van der Waals surface area contributed by atoms with Crippen LogP contribution in [0.15, 0.2) is 48.5 Å². The average Bonchev–Trinajstić information content (AvgIpc) is 3.66. The minimum atomic E-state index is -4.69. The van der Waals surface area contributed by atoms with E-state index in [9.17, 15) is 31.9 Å². The molecule has 0 radical (unpaired) electrons. The number of aliphatic hydroxyl groups is 1. The Balaban J connectivity index is 1.76. The second-order valence-electron chi connectivity index (χ2n) is 9.32. The van der Waals surface area contributed by atoms with Crippen molar-refractivity contribution in [3.63, 3.8) is 0 Å². The third-order valence-electron chi connectivity index (χ3n) is 6.42. The quantitative estimate of drug-likeness (QED) is 0.300. The van der Waals surface area contributed by atoms with E-state index >= 15 is 0 Å². The van der Waals surface area contributed by atoms with Gasteiger partial charge in [-0.25, -0.2) is 8.78 Å². The van der Waals surface area contributed by atoms with Crippen molar-refractivity contribution >= 4 is 11.6 Å². The number of nitrogens with one attached hydrogen (secondary N) is 1. The van der Waals surface area contributed by atoms with E-state index < -0.39 is 29.3 Å². The van der Waals surface area contributed by atoms with Crippen molar-refractivity contribution in [2.24, 2.45) is 0 Å². The lowest BCUT2D eigenvalue weighted by Gasteiger charge is -2.19. The third kappa shape index (κ3) is 6.10. The molecular formula is C28H26F5NO3. The van der Waals surface area contributed by atoms with Crippen molar-refractivity contribution in [2.45, 2.75) is 51.1 Å². The van der Waals surface area contributed by atoms with Crippen molar-refractivity contribution in [1.29, 1.82) is 0 Å². The molecule has 1 atom stereocenters. The van der Waals surface area contributed by atoms with E-state index in [1.807, 2.05) is 0 Å². The fourth-order valence-electron chi connectivity index (χ4n) is 4.23. The van der Waals surface area contributed by atoms with Crippen molar-refractivity contribution in [1.82, 2.24) is 0 Å². The summed E-state index contributed by atoms with van der Waals surface area (Å²) in [5.74, 6) is -2.46. The first-order valence-corrected chi connectivity index (χ1v) is 11.9. The summed E-state index contributed by atoms with van der Waals surface area (Å²) >= 11 is 0. The molecule has 0 aromatic heterocycles. The number of carbonyl (C=O) groups excluding carboxylic acids is 1. The Kier molecular flexibility index (Phi) is 7.54. The molecule has 3 aromatic carbocycles. The topological polar surface area (TPSA) is 58.6 Å². The molecule has 3 aromatic rings. The maximum atomic E-state index is 14.3. The van der Waals surface area contributed by atoms with E-state index in [0.717, 1.165) is 18.2 Å². The number of carbonyl (C=O) groups is 1. The number of alkyl halides is 3. The van der Waals surface area contributed by atoms with E-state index in [1.54, 1.807) is 13.8 Å². The molecule has 4 nitrogen and oxygen atoms in total. The van der Waals surface area contributed by atoms with Crippen molar-refractivity contribution in [2.75, 3.05) is 11.9 Å². The number of halogens is 5. The largest absolute Gasteiger partial charge is 0.456 e. The van der Waals surface area contributed by atoms with Gasteiger partial charge in [0.2, 0.25) is 0 Å². The summed E-state index contributed by atoms with van der Waals surface area (Å²) in [6, 6.07) is 9.56. The normalized spacial score (nSPS) is 14.4. The molecule has 1 amide bonds. The van der Waals surface area contributed by atoms with Gasteiger partial charge in [0.25, 0.3) is 5.91 Å². The molecule has 1 saturated carbocycles.